The molecule has 1 fully saturated rings. The highest BCUT2D eigenvalue weighted by Crippen LogP contribution is 2.33. The highest BCUT2D eigenvalue weighted by Gasteiger charge is 2.25. The third-order valence-corrected chi connectivity index (χ3v) is 5.94. The van der Waals surface area contributed by atoms with Crippen molar-refractivity contribution in [2.45, 2.75) is 0 Å². The maximum Gasteiger partial charge on any atom is 0.296 e. The number of nitrogens with zero attached hydrogens (tertiary/aromatic N) is 5. The summed E-state index contributed by atoms with van der Waals surface area (Å²) in [5, 5.41) is 1.23. The summed E-state index contributed by atoms with van der Waals surface area (Å²) >= 11 is 7.75. The number of ether oxygens (including phenoxy) is 1. The van der Waals surface area contributed by atoms with Crippen molar-refractivity contribution in [2.24, 2.45) is 7.05 Å². The van der Waals surface area contributed by atoms with Crippen molar-refractivity contribution in [3.63, 3.8) is 0 Å². The molecule has 0 atom stereocenters. The van der Waals surface area contributed by atoms with Gasteiger partial charge in [-0.3, -0.25) is 14.6 Å². The molecule has 0 radical (unpaired) electrons. The number of thiazole rings is 1. The molecule has 4 rings (SSSR count). The number of halogens is 1. The van der Waals surface area contributed by atoms with Crippen LogP contribution >= 0.6 is 22.9 Å². The molecule has 0 saturated carbocycles. The predicted octanol–water partition coefficient (Wildman–Crippen LogP) is 2.66. The first-order valence-corrected chi connectivity index (χ1v) is 9.97. The fourth-order valence-electron chi connectivity index (χ4n) is 3.06. The van der Waals surface area contributed by atoms with Gasteiger partial charge in [0.25, 0.3) is 5.91 Å². The number of rotatable bonds is 5. The van der Waals surface area contributed by atoms with Crippen molar-refractivity contribution in [3.05, 3.63) is 41.4 Å². The minimum atomic E-state index is -0.161. The van der Waals surface area contributed by atoms with Crippen LogP contribution in [-0.2, 0) is 11.8 Å². The van der Waals surface area contributed by atoms with Crippen molar-refractivity contribution in [3.8, 4) is 0 Å². The minimum absolute atomic E-state index is 0.161. The summed E-state index contributed by atoms with van der Waals surface area (Å²) < 4.78 is 8.09. The molecule has 1 aromatic carbocycles. The van der Waals surface area contributed by atoms with Crippen LogP contribution < -0.4 is 4.90 Å². The van der Waals surface area contributed by atoms with Crippen molar-refractivity contribution in [2.75, 3.05) is 44.3 Å². The van der Waals surface area contributed by atoms with Crippen molar-refractivity contribution < 1.29 is 9.53 Å². The van der Waals surface area contributed by atoms with E-state index in [2.05, 4.69) is 14.9 Å². The SMILES string of the molecule is Cn1ccnc1C(=O)N(CCN1CCOCC1)c1nc2c(Cl)cccc2s1. The van der Waals surface area contributed by atoms with Gasteiger partial charge in [-0.25, -0.2) is 9.97 Å². The maximum atomic E-state index is 13.2. The Morgan fingerprint density at radius 3 is 2.89 bits per heavy atom. The fourth-order valence-corrected chi connectivity index (χ4v) is 4.35. The Balaban J connectivity index is 1.64. The Hall–Kier alpha value is -2.00. The van der Waals surface area contributed by atoms with E-state index in [-0.39, 0.29) is 5.91 Å². The quantitative estimate of drug-likeness (QED) is 0.653. The molecule has 9 heteroatoms. The largest absolute Gasteiger partial charge is 0.379 e. The van der Waals surface area contributed by atoms with Gasteiger partial charge in [0.05, 0.1) is 22.9 Å². The second-order valence-electron chi connectivity index (χ2n) is 6.36. The van der Waals surface area contributed by atoms with Crippen LogP contribution in [0.1, 0.15) is 10.6 Å². The summed E-state index contributed by atoms with van der Waals surface area (Å²) in [5.41, 5.74) is 0.725. The topological polar surface area (TPSA) is 63.5 Å². The Morgan fingerprint density at radius 1 is 1.37 bits per heavy atom. The van der Waals surface area contributed by atoms with Crippen LogP contribution in [0.3, 0.4) is 0 Å². The number of aryl methyl sites for hydroxylation is 1. The van der Waals surface area contributed by atoms with E-state index in [0.29, 0.717) is 22.5 Å². The van der Waals surface area contributed by atoms with Gasteiger partial charge in [0.2, 0.25) is 0 Å². The van der Waals surface area contributed by atoms with Crippen LogP contribution in [0.15, 0.2) is 30.6 Å². The van der Waals surface area contributed by atoms with Crippen LogP contribution in [0.4, 0.5) is 5.13 Å². The Labute approximate surface area is 166 Å². The molecule has 142 valence electrons. The van der Waals surface area contributed by atoms with Gasteiger partial charge in [0.1, 0.15) is 5.52 Å². The van der Waals surface area contributed by atoms with Crippen LogP contribution in [0.2, 0.25) is 5.02 Å². The molecule has 0 N–H and O–H groups in total. The highest BCUT2D eigenvalue weighted by molar-refractivity contribution is 7.22. The summed E-state index contributed by atoms with van der Waals surface area (Å²) in [4.78, 5) is 26.1. The number of imidazole rings is 1. The summed E-state index contributed by atoms with van der Waals surface area (Å²) in [7, 11) is 1.82. The molecule has 3 heterocycles. The van der Waals surface area contributed by atoms with E-state index in [9.17, 15) is 4.79 Å². The zero-order valence-electron chi connectivity index (χ0n) is 15.0. The summed E-state index contributed by atoms with van der Waals surface area (Å²) in [6.45, 7) is 4.48. The molecule has 1 saturated heterocycles. The van der Waals surface area contributed by atoms with Crippen LogP contribution in [0.25, 0.3) is 10.2 Å². The minimum Gasteiger partial charge on any atom is -0.379 e. The van der Waals surface area contributed by atoms with Gasteiger partial charge in [0, 0.05) is 45.6 Å². The Morgan fingerprint density at radius 2 is 2.19 bits per heavy atom. The lowest BCUT2D eigenvalue weighted by Crippen LogP contribution is -2.43. The van der Waals surface area contributed by atoms with Gasteiger partial charge in [-0.1, -0.05) is 29.0 Å². The monoisotopic (exact) mass is 405 g/mol. The molecule has 0 unspecified atom stereocenters. The standard InChI is InChI=1S/C18H20ClN5O2S/c1-22-6-5-20-16(22)17(25)24(8-7-23-9-11-26-12-10-23)18-21-15-13(19)3-2-4-14(15)27-18/h2-6H,7-12H2,1H3. The number of amides is 1. The molecule has 1 amide bonds. The van der Waals surface area contributed by atoms with E-state index >= 15 is 0 Å². The smallest absolute Gasteiger partial charge is 0.296 e. The predicted molar refractivity (Wildman–Crippen MR) is 107 cm³/mol. The number of anilines is 1. The summed E-state index contributed by atoms with van der Waals surface area (Å²) in [6, 6.07) is 5.67. The van der Waals surface area contributed by atoms with E-state index in [1.807, 2.05) is 25.2 Å². The van der Waals surface area contributed by atoms with Gasteiger partial charge in [0.15, 0.2) is 11.0 Å². The zero-order chi connectivity index (χ0) is 18.8. The van der Waals surface area contributed by atoms with Crippen LogP contribution in [-0.4, -0.2) is 64.7 Å². The average Bonchev–Trinajstić information content (AvgIpc) is 3.29. The lowest BCUT2D eigenvalue weighted by Gasteiger charge is -2.29. The zero-order valence-corrected chi connectivity index (χ0v) is 16.5. The number of aromatic nitrogens is 3. The number of hydrogen-bond donors (Lipinski definition) is 0. The third-order valence-electron chi connectivity index (χ3n) is 4.59. The number of benzene rings is 1. The second-order valence-corrected chi connectivity index (χ2v) is 7.77. The third kappa shape index (κ3) is 3.84. The number of carbonyl (C=O) groups excluding carboxylic acids is 1. The summed E-state index contributed by atoms with van der Waals surface area (Å²) in [6.07, 6.45) is 3.39. The molecule has 0 spiro atoms. The number of para-hydroxylation sites is 1. The molecule has 1 aliphatic rings. The lowest BCUT2D eigenvalue weighted by molar-refractivity contribution is 0.0391. The molecule has 0 aliphatic carbocycles. The van der Waals surface area contributed by atoms with Crippen molar-refractivity contribution >= 4 is 44.2 Å². The van der Waals surface area contributed by atoms with Gasteiger partial charge in [-0.15, -0.1) is 0 Å². The molecule has 0 bridgehead atoms. The van der Waals surface area contributed by atoms with Crippen molar-refractivity contribution in [1.82, 2.24) is 19.4 Å². The number of hydrogen-bond acceptors (Lipinski definition) is 6. The molecule has 1 aliphatic heterocycles. The number of morpholine rings is 1. The van der Waals surface area contributed by atoms with Gasteiger partial charge in [-0.05, 0) is 12.1 Å². The van der Waals surface area contributed by atoms with Crippen molar-refractivity contribution in [1.29, 1.82) is 0 Å². The van der Waals surface area contributed by atoms with E-state index in [1.165, 1.54) is 11.3 Å². The highest BCUT2D eigenvalue weighted by atomic mass is 35.5. The number of fused-ring (bicyclic) bond motifs is 1. The molecule has 27 heavy (non-hydrogen) atoms. The Bertz CT molecular complexity index is 950. The van der Waals surface area contributed by atoms with Crippen LogP contribution in [0.5, 0.6) is 0 Å². The first-order chi connectivity index (χ1) is 13.1. The van der Waals surface area contributed by atoms with E-state index < -0.39 is 0 Å². The second kappa shape index (κ2) is 7.93. The lowest BCUT2D eigenvalue weighted by atomic mass is 10.3. The first-order valence-electron chi connectivity index (χ1n) is 8.78. The normalized spacial score (nSPS) is 15.3. The van der Waals surface area contributed by atoms with Gasteiger partial charge < -0.3 is 9.30 Å². The molecular formula is C18H20ClN5O2S. The first kappa shape index (κ1) is 18.4. The maximum absolute atomic E-state index is 13.2. The fraction of sp³-hybridized carbons (Fsp3) is 0.389. The van der Waals surface area contributed by atoms with Crippen LogP contribution in [0, 0.1) is 0 Å². The Kier molecular flexibility index (Phi) is 5.40. The van der Waals surface area contributed by atoms with Gasteiger partial charge in [-0.2, -0.15) is 0 Å². The van der Waals surface area contributed by atoms with E-state index in [4.69, 9.17) is 16.3 Å². The molecule has 3 aromatic rings. The van der Waals surface area contributed by atoms with Gasteiger partial charge >= 0.3 is 0 Å². The number of carbonyl (C=O) groups is 1. The molecule has 7 nitrogen and oxygen atoms in total. The molecular weight excluding hydrogens is 386 g/mol. The summed E-state index contributed by atoms with van der Waals surface area (Å²) in [5.74, 6) is 0.230. The van der Waals surface area contributed by atoms with E-state index in [1.54, 1.807) is 21.9 Å². The molecule has 2 aromatic heterocycles. The average molecular weight is 406 g/mol. The van der Waals surface area contributed by atoms with E-state index in [0.717, 1.165) is 43.1 Å².